The summed E-state index contributed by atoms with van der Waals surface area (Å²) in [6.45, 7) is 0. The van der Waals surface area contributed by atoms with Gasteiger partial charge < -0.3 is 10.1 Å². The molecule has 0 aliphatic heterocycles. The van der Waals surface area contributed by atoms with Crippen LogP contribution in [0.25, 0.3) is 10.9 Å². The molecule has 0 radical (unpaired) electrons. The third-order valence-electron chi connectivity index (χ3n) is 2.04. The second-order valence-electron chi connectivity index (χ2n) is 3.11. The summed E-state index contributed by atoms with van der Waals surface area (Å²) in [5.41, 5.74) is -1.72. The minimum Gasteiger partial charge on any atom is -0.477 e. The molecular weight excluding hydrogens is 225 g/mol. The van der Waals surface area contributed by atoms with Crippen LogP contribution in [0.4, 0.5) is 13.2 Å². The zero-order valence-corrected chi connectivity index (χ0v) is 7.67. The maximum Gasteiger partial charge on any atom is 0.435 e. The van der Waals surface area contributed by atoms with Gasteiger partial charge in [0.25, 0.3) is 0 Å². The number of alkyl halides is 3. The Morgan fingerprint density at radius 2 is 2.12 bits per heavy atom. The van der Waals surface area contributed by atoms with Gasteiger partial charge in [0.15, 0.2) is 5.69 Å². The van der Waals surface area contributed by atoms with Crippen molar-refractivity contribution in [3.8, 4) is 0 Å². The number of carboxylic acids is 1. The molecule has 84 valence electrons. The first-order chi connectivity index (χ1) is 7.39. The number of hydrogen-bond donors (Lipinski definition) is 2. The van der Waals surface area contributed by atoms with Crippen LogP contribution in [0, 0.1) is 0 Å². The van der Waals surface area contributed by atoms with Crippen LogP contribution in [0.1, 0.15) is 16.2 Å². The molecule has 2 aromatic rings. The average Bonchev–Trinajstić information content (AvgIpc) is 2.58. The number of nitrogens with zero attached hydrogens (tertiary/aromatic N) is 1. The summed E-state index contributed by atoms with van der Waals surface area (Å²) in [5, 5.41) is 8.81. The first-order valence-corrected chi connectivity index (χ1v) is 4.18. The van der Waals surface area contributed by atoms with Gasteiger partial charge in [0, 0.05) is 11.6 Å². The Labute approximate surface area is 86.7 Å². The van der Waals surface area contributed by atoms with E-state index in [9.17, 15) is 18.0 Å². The molecule has 0 fully saturated rings. The molecule has 0 saturated carbocycles. The molecule has 7 heteroatoms. The van der Waals surface area contributed by atoms with E-state index in [2.05, 4.69) is 9.97 Å². The van der Waals surface area contributed by atoms with Crippen molar-refractivity contribution < 1.29 is 23.1 Å². The van der Waals surface area contributed by atoms with Crippen molar-refractivity contribution in [1.82, 2.24) is 9.97 Å². The Balaban J connectivity index is 2.73. The van der Waals surface area contributed by atoms with Crippen molar-refractivity contribution in [1.29, 1.82) is 0 Å². The van der Waals surface area contributed by atoms with Gasteiger partial charge in [-0.2, -0.15) is 13.2 Å². The highest BCUT2D eigenvalue weighted by atomic mass is 19.4. The van der Waals surface area contributed by atoms with E-state index in [-0.39, 0.29) is 16.6 Å². The third kappa shape index (κ3) is 1.60. The number of carbonyl (C=O) groups is 1. The first kappa shape index (κ1) is 10.5. The maximum atomic E-state index is 12.5. The molecule has 0 aliphatic carbocycles. The number of hydrogen-bond acceptors (Lipinski definition) is 2. The van der Waals surface area contributed by atoms with E-state index in [0.717, 1.165) is 12.3 Å². The summed E-state index contributed by atoms with van der Waals surface area (Å²) in [7, 11) is 0. The molecule has 0 aliphatic rings. The van der Waals surface area contributed by atoms with Gasteiger partial charge in [-0.3, -0.25) is 0 Å². The van der Waals surface area contributed by atoms with E-state index >= 15 is 0 Å². The number of aromatic carboxylic acids is 1. The number of H-pyrrole nitrogens is 1. The fourth-order valence-corrected chi connectivity index (χ4v) is 1.38. The van der Waals surface area contributed by atoms with Gasteiger partial charge in [-0.25, -0.2) is 9.78 Å². The summed E-state index contributed by atoms with van der Waals surface area (Å²) < 4.78 is 37.5. The predicted octanol–water partition coefficient (Wildman–Crippen LogP) is 2.28. The molecule has 0 unspecified atom stereocenters. The van der Waals surface area contributed by atoms with Crippen molar-refractivity contribution in [2.75, 3.05) is 0 Å². The lowest BCUT2D eigenvalue weighted by molar-refractivity contribution is -0.139. The molecule has 0 amide bonds. The Kier molecular flexibility index (Phi) is 2.11. The smallest absolute Gasteiger partial charge is 0.435 e. The quantitative estimate of drug-likeness (QED) is 0.789. The van der Waals surface area contributed by atoms with Gasteiger partial charge in [0.2, 0.25) is 0 Å². The van der Waals surface area contributed by atoms with Crippen LogP contribution in [0.5, 0.6) is 0 Å². The largest absolute Gasteiger partial charge is 0.477 e. The topological polar surface area (TPSA) is 66.0 Å². The number of nitrogens with one attached hydrogen (secondary N) is 1. The van der Waals surface area contributed by atoms with Crippen LogP contribution in [-0.2, 0) is 6.18 Å². The van der Waals surface area contributed by atoms with E-state index in [0.29, 0.717) is 0 Å². The number of aromatic amines is 1. The summed E-state index contributed by atoms with van der Waals surface area (Å²) >= 11 is 0. The average molecular weight is 230 g/mol. The molecule has 0 aromatic carbocycles. The molecule has 0 atom stereocenters. The molecular formula is C9H5F3N2O2. The van der Waals surface area contributed by atoms with E-state index < -0.39 is 17.8 Å². The summed E-state index contributed by atoms with van der Waals surface area (Å²) in [4.78, 5) is 16.0. The first-order valence-electron chi connectivity index (χ1n) is 4.18. The normalized spacial score (nSPS) is 11.9. The number of carboxylic acid groups (broad SMARTS) is 1. The van der Waals surface area contributed by atoms with Crippen molar-refractivity contribution in [2.24, 2.45) is 0 Å². The number of pyridine rings is 1. The molecule has 0 spiro atoms. The summed E-state index contributed by atoms with van der Waals surface area (Å²) in [6, 6.07) is 2.45. The lowest BCUT2D eigenvalue weighted by Crippen LogP contribution is -2.08. The van der Waals surface area contributed by atoms with Crippen molar-refractivity contribution in [3.05, 3.63) is 29.7 Å². The molecule has 2 rings (SSSR count). The van der Waals surface area contributed by atoms with Crippen LogP contribution in [-0.4, -0.2) is 21.0 Å². The van der Waals surface area contributed by atoms with Crippen LogP contribution in [0.15, 0.2) is 18.3 Å². The molecule has 2 heterocycles. The van der Waals surface area contributed by atoms with Gasteiger partial charge in [0.1, 0.15) is 5.69 Å². The number of fused-ring (bicyclic) bond motifs is 1. The molecule has 0 saturated heterocycles. The fraction of sp³-hybridized carbons (Fsp3) is 0.111. The van der Waals surface area contributed by atoms with Crippen LogP contribution in [0.3, 0.4) is 0 Å². The highest BCUT2D eigenvalue weighted by Crippen LogP contribution is 2.32. The molecule has 2 N–H and O–H groups in total. The van der Waals surface area contributed by atoms with E-state index in [1.165, 1.54) is 6.07 Å². The monoisotopic (exact) mass is 230 g/mol. The molecule has 4 nitrogen and oxygen atoms in total. The lowest BCUT2D eigenvalue weighted by Gasteiger charge is -2.05. The number of rotatable bonds is 1. The second kappa shape index (κ2) is 3.22. The van der Waals surface area contributed by atoms with Crippen LogP contribution in [0.2, 0.25) is 0 Å². The zero-order valence-electron chi connectivity index (χ0n) is 7.67. The Hall–Kier alpha value is -2.05. The molecule has 2 aromatic heterocycles. The van der Waals surface area contributed by atoms with Gasteiger partial charge in [-0.05, 0) is 12.1 Å². The Morgan fingerprint density at radius 1 is 1.44 bits per heavy atom. The van der Waals surface area contributed by atoms with Crippen molar-refractivity contribution >= 4 is 16.9 Å². The summed E-state index contributed by atoms with van der Waals surface area (Å²) in [6.07, 6.45) is -3.62. The van der Waals surface area contributed by atoms with Crippen molar-refractivity contribution in [2.45, 2.75) is 6.18 Å². The van der Waals surface area contributed by atoms with Crippen LogP contribution < -0.4 is 0 Å². The van der Waals surface area contributed by atoms with Crippen molar-refractivity contribution in [3.63, 3.8) is 0 Å². The van der Waals surface area contributed by atoms with Gasteiger partial charge in [-0.15, -0.1) is 0 Å². The number of aromatic nitrogens is 2. The maximum absolute atomic E-state index is 12.5. The standard InChI is InChI=1S/C9H5F3N2O2/c10-9(11,12)7-6-4(1-2-13-7)3-5(14-6)8(15)16/h1-3,14H,(H,15,16). The highest BCUT2D eigenvalue weighted by molar-refractivity contribution is 5.94. The zero-order chi connectivity index (χ0) is 11.9. The molecule has 16 heavy (non-hydrogen) atoms. The van der Waals surface area contributed by atoms with E-state index in [1.807, 2.05) is 0 Å². The van der Waals surface area contributed by atoms with Gasteiger partial charge in [-0.1, -0.05) is 0 Å². The predicted molar refractivity (Wildman–Crippen MR) is 48.1 cm³/mol. The third-order valence-corrected chi connectivity index (χ3v) is 2.04. The Morgan fingerprint density at radius 3 is 2.69 bits per heavy atom. The minimum absolute atomic E-state index is 0.166. The van der Waals surface area contributed by atoms with Gasteiger partial charge >= 0.3 is 12.1 Å². The minimum atomic E-state index is -4.61. The number of halogens is 3. The highest BCUT2D eigenvalue weighted by Gasteiger charge is 2.35. The second-order valence-corrected chi connectivity index (χ2v) is 3.11. The van der Waals surface area contributed by atoms with E-state index in [4.69, 9.17) is 5.11 Å². The van der Waals surface area contributed by atoms with Crippen LogP contribution >= 0.6 is 0 Å². The molecule has 0 bridgehead atoms. The van der Waals surface area contributed by atoms with Gasteiger partial charge in [0.05, 0.1) is 5.52 Å². The lowest BCUT2D eigenvalue weighted by atomic mass is 10.2. The fourth-order valence-electron chi connectivity index (χ4n) is 1.38. The van der Waals surface area contributed by atoms with E-state index in [1.54, 1.807) is 0 Å². The Bertz CT molecular complexity index is 559. The SMILES string of the molecule is O=C(O)c1cc2ccnc(C(F)(F)F)c2[nH]1. The summed E-state index contributed by atoms with van der Waals surface area (Å²) in [5.74, 6) is -1.32.